The number of nitrogens with one attached hydrogen (secondary N) is 1. The molecule has 0 aliphatic heterocycles. The molecule has 0 spiro atoms. The zero-order chi connectivity index (χ0) is 18.7. The standard InChI is InChI=1S/C21H20FN3O/c1-13-7-10-19(24-11-13)17-5-4-6-18(20(17)22)21(26)25-15(3)16-9-8-14(2)23-12-16/h4-12,15H,1-3H3,(H,25,26)/t15-/m1/s1. The molecule has 26 heavy (non-hydrogen) atoms. The molecule has 1 N–H and O–H groups in total. The predicted molar refractivity (Wildman–Crippen MR) is 99.2 cm³/mol. The van der Waals surface area contributed by atoms with Gasteiger partial charge in [0.15, 0.2) is 0 Å². The minimum absolute atomic E-state index is 0.00297. The van der Waals surface area contributed by atoms with Crippen LogP contribution in [0.2, 0.25) is 0 Å². The molecular weight excluding hydrogens is 329 g/mol. The second-order valence-electron chi connectivity index (χ2n) is 6.32. The Morgan fingerprint density at radius 3 is 2.50 bits per heavy atom. The van der Waals surface area contributed by atoms with Gasteiger partial charge in [0.25, 0.3) is 5.91 Å². The molecule has 0 bridgehead atoms. The van der Waals surface area contributed by atoms with Gasteiger partial charge in [-0.3, -0.25) is 14.8 Å². The number of halogens is 1. The van der Waals surface area contributed by atoms with Gasteiger partial charge in [-0.1, -0.05) is 18.2 Å². The summed E-state index contributed by atoms with van der Waals surface area (Å²) in [5.74, 6) is -1.04. The monoisotopic (exact) mass is 349 g/mol. The number of hydrogen-bond acceptors (Lipinski definition) is 3. The molecule has 0 aliphatic rings. The quantitative estimate of drug-likeness (QED) is 0.760. The van der Waals surface area contributed by atoms with Crippen molar-refractivity contribution >= 4 is 5.91 Å². The molecule has 1 aromatic carbocycles. The van der Waals surface area contributed by atoms with E-state index in [0.717, 1.165) is 16.8 Å². The molecule has 0 fully saturated rings. The Labute approximate surface area is 152 Å². The Kier molecular flexibility index (Phi) is 5.07. The molecule has 0 saturated carbocycles. The van der Waals surface area contributed by atoms with Crippen molar-refractivity contribution in [1.29, 1.82) is 0 Å². The van der Waals surface area contributed by atoms with Crippen molar-refractivity contribution in [2.45, 2.75) is 26.8 Å². The number of pyridine rings is 2. The van der Waals surface area contributed by atoms with E-state index in [1.54, 1.807) is 30.6 Å². The molecule has 0 saturated heterocycles. The van der Waals surface area contributed by atoms with Crippen LogP contribution in [0, 0.1) is 19.7 Å². The lowest BCUT2D eigenvalue weighted by molar-refractivity contribution is 0.0936. The average Bonchev–Trinajstić information content (AvgIpc) is 2.63. The van der Waals surface area contributed by atoms with Gasteiger partial charge in [0.1, 0.15) is 5.82 Å². The van der Waals surface area contributed by atoms with Crippen LogP contribution in [0.1, 0.15) is 40.1 Å². The summed E-state index contributed by atoms with van der Waals surface area (Å²) in [4.78, 5) is 21.0. The molecule has 4 nitrogen and oxygen atoms in total. The number of aromatic nitrogens is 2. The van der Waals surface area contributed by atoms with Crippen molar-refractivity contribution in [1.82, 2.24) is 15.3 Å². The molecule has 2 aromatic heterocycles. The van der Waals surface area contributed by atoms with Gasteiger partial charge in [-0.2, -0.15) is 0 Å². The molecule has 5 heteroatoms. The van der Waals surface area contributed by atoms with Crippen LogP contribution in [-0.2, 0) is 0 Å². The highest BCUT2D eigenvalue weighted by Gasteiger charge is 2.18. The van der Waals surface area contributed by atoms with Crippen LogP contribution in [0.3, 0.4) is 0 Å². The molecule has 3 aromatic rings. The highest BCUT2D eigenvalue weighted by Crippen LogP contribution is 2.24. The number of carbonyl (C=O) groups excluding carboxylic acids is 1. The maximum Gasteiger partial charge on any atom is 0.254 e. The maximum atomic E-state index is 14.9. The lowest BCUT2D eigenvalue weighted by Gasteiger charge is -2.15. The summed E-state index contributed by atoms with van der Waals surface area (Å²) in [6, 6.07) is 11.9. The van der Waals surface area contributed by atoms with E-state index in [4.69, 9.17) is 0 Å². The molecule has 0 radical (unpaired) electrons. The summed E-state index contributed by atoms with van der Waals surface area (Å²) in [6.45, 7) is 5.65. The Hall–Kier alpha value is -3.08. The average molecular weight is 349 g/mol. The molecule has 1 atom stereocenters. The first-order chi connectivity index (χ1) is 12.5. The fraction of sp³-hybridized carbons (Fsp3) is 0.190. The number of rotatable bonds is 4. The molecule has 0 unspecified atom stereocenters. The molecule has 2 heterocycles. The van der Waals surface area contributed by atoms with E-state index in [0.29, 0.717) is 11.3 Å². The first-order valence-corrected chi connectivity index (χ1v) is 8.40. The van der Waals surface area contributed by atoms with Crippen LogP contribution in [0.25, 0.3) is 11.3 Å². The summed E-state index contributed by atoms with van der Waals surface area (Å²) in [7, 11) is 0. The molecular formula is C21H20FN3O. The zero-order valence-electron chi connectivity index (χ0n) is 15.0. The highest BCUT2D eigenvalue weighted by atomic mass is 19.1. The summed E-state index contributed by atoms with van der Waals surface area (Å²) in [5, 5.41) is 2.82. The summed E-state index contributed by atoms with van der Waals surface area (Å²) >= 11 is 0. The number of nitrogens with zero attached hydrogens (tertiary/aromatic N) is 2. The van der Waals surface area contributed by atoms with Crippen molar-refractivity contribution in [2.24, 2.45) is 0 Å². The number of hydrogen-bond donors (Lipinski definition) is 1. The molecule has 132 valence electrons. The predicted octanol–water partition coefficient (Wildman–Crippen LogP) is 4.39. The maximum absolute atomic E-state index is 14.9. The van der Waals surface area contributed by atoms with E-state index in [2.05, 4.69) is 15.3 Å². The van der Waals surface area contributed by atoms with Gasteiger partial charge in [0.05, 0.1) is 17.3 Å². The third kappa shape index (κ3) is 3.77. The van der Waals surface area contributed by atoms with Gasteiger partial charge in [-0.15, -0.1) is 0 Å². The third-order valence-corrected chi connectivity index (χ3v) is 4.21. The van der Waals surface area contributed by atoms with Gasteiger partial charge in [0, 0.05) is 23.7 Å². The fourth-order valence-electron chi connectivity index (χ4n) is 2.63. The molecule has 3 rings (SSSR count). The van der Waals surface area contributed by atoms with Gasteiger partial charge in [-0.05, 0) is 56.2 Å². The lowest BCUT2D eigenvalue weighted by Crippen LogP contribution is -2.27. The van der Waals surface area contributed by atoms with Crippen molar-refractivity contribution in [3.05, 3.63) is 83.1 Å². The highest BCUT2D eigenvalue weighted by molar-refractivity contribution is 5.96. The van der Waals surface area contributed by atoms with Crippen LogP contribution < -0.4 is 5.32 Å². The Bertz CT molecular complexity index is 921. The second-order valence-corrected chi connectivity index (χ2v) is 6.32. The number of benzene rings is 1. The number of aryl methyl sites for hydroxylation is 2. The van der Waals surface area contributed by atoms with Gasteiger partial charge < -0.3 is 5.32 Å². The van der Waals surface area contributed by atoms with E-state index in [9.17, 15) is 9.18 Å². The van der Waals surface area contributed by atoms with Gasteiger partial charge in [-0.25, -0.2) is 4.39 Å². The van der Waals surface area contributed by atoms with Crippen LogP contribution in [0.4, 0.5) is 4.39 Å². The van der Waals surface area contributed by atoms with E-state index >= 15 is 0 Å². The Morgan fingerprint density at radius 1 is 1.04 bits per heavy atom. The van der Waals surface area contributed by atoms with Crippen molar-refractivity contribution in [2.75, 3.05) is 0 Å². The van der Waals surface area contributed by atoms with Gasteiger partial charge in [0.2, 0.25) is 0 Å². The van der Waals surface area contributed by atoms with Crippen LogP contribution in [0.15, 0.2) is 54.9 Å². The summed E-state index contributed by atoms with van der Waals surface area (Å²) in [6.07, 6.45) is 3.39. The first-order valence-electron chi connectivity index (χ1n) is 8.40. The Morgan fingerprint density at radius 2 is 1.85 bits per heavy atom. The van der Waals surface area contributed by atoms with Gasteiger partial charge >= 0.3 is 0 Å². The topological polar surface area (TPSA) is 54.9 Å². The minimum Gasteiger partial charge on any atom is -0.345 e. The van der Waals surface area contributed by atoms with Crippen LogP contribution in [0.5, 0.6) is 0 Å². The Balaban J connectivity index is 1.84. The second kappa shape index (κ2) is 7.44. The molecule has 0 aliphatic carbocycles. The lowest BCUT2D eigenvalue weighted by atomic mass is 10.0. The largest absolute Gasteiger partial charge is 0.345 e. The van der Waals surface area contributed by atoms with Crippen molar-refractivity contribution < 1.29 is 9.18 Å². The number of amides is 1. The summed E-state index contributed by atoms with van der Waals surface area (Å²) in [5.41, 5.74) is 3.55. The minimum atomic E-state index is -0.574. The molecule has 1 amide bonds. The van der Waals surface area contributed by atoms with E-state index in [1.165, 1.54) is 6.07 Å². The third-order valence-electron chi connectivity index (χ3n) is 4.21. The smallest absolute Gasteiger partial charge is 0.254 e. The van der Waals surface area contributed by atoms with Crippen molar-refractivity contribution in [3.63, 3.8) is 0 Å². The first kappa shape index (κ1) is 17.7. The normalized spacial score (nSPS) is 11.8. The van der Waals surface area contributed by atoms with Crippen LogP contribution >= 0.6 is 0 Å². The van der Waals surface area contributed by atoms with E-state index in [-0.39, 0.29) is 11.6 Å². The summed E-state index contributed by atoms with van der Waals surface area (Å²) < 4.78 is 14.9. The van der Waals surface area contributed by atoms with E-state index < -0.39 is 11.7 Å². The number of carbonyl (C=O) groups is 1. The zero-order valence-corrected chi connectivity index (χ0v) is 15.0. The van der Waals surface area contributed by atoms with Crippen molar-refractivity contribution in [3.8, 4) is 11.3 Å². The fourth-order valence-corrected chi connectivity index (χ4v) is 2.63. The SMILES string of the molecule is Cc1ccc(-c2cccc(C(=O)N[C@H](C)c3ccc(C)nc3)c2F)nc1. The van der Waals surface area contributed by atoms with E-state index in [1.807, 2.05) is 39.0 Å². The van der Waals surface area contributed by atoms with Crippen LogP contribution in [-0.4, -0.2) is 15.9 Å².